The third kappa shape index (κ3) is 4.63. The van der Waals surface area contributed by atoms with E-state index in [1.165, 1.54) is 0 Å². The maximum atomic E-state index is 11.7. The normalized spacial score (nSPS) is 10.3. The third-order valence-corrected chi connectivity index (χ3v) is 2.38. The summed E-state index contributed by atoms with van der Waals surface area (Å²) in [5, 5.41) is 9.27. The minimum absolute atomic E-state index is 0.162. The predicted octanol–water partition coefficient (Wildman–Crippen LogP) is 1.54. The van der Waals surface area contributed by atoms with Gasteiger partial charge in [-0.2, -0.15) is 5.26 Å². The summed E-state index contributed by atoms with van der Waals surface area (Å²) in [6.45, 7) is 1.79. The van der Waals surface area contributed by atoms with Gasteiger partial charge in [-0.1, -0.05) is 11.6 Å². The lowest BCUT2D eigenvalue weighted by Gasteiger charge is -2.05. The summed E-state index contributed by atoms with van der Waals surface area (Å²) in [4.78, 5) is 23.0. The first kappa shape index (κ1) is 15.5. The van der Waals surface area contributed by atoms with Crippen molar-refractivity contribution in [3.05, 3.63) is 46.6 Å². The van der Waals surface area contributed by atoms with E-state index in [0.29, 0.717) is 10.6 Å². The van der Waals surface area contributed by atoms with Gasteiger partial charge in [0.2, 0.25) is 0 Å². The number of esters is 1. The van der Waals surface area contributed by atoms with Crippen LogP contribution in [0.15, 0.2) is 36.0 Å². The highest BCUT2D eigenvalue weighted by molar-refractivity contribution is 6.30. The predicted molar refractivity (Wildman–Crippen MR) is 72.4 cm³/mol. The fraction of sp³-hybridized carbons (Fsp3) is 0.154. The number of amides is 1. The Morgan fingerprint density at radius 1 is 1.40 bits per heavy atom. The number of ether oxygens (including phenoxy) is 1. The lowest BCUT2D eigenvalue weighted by Crippen LogP contribution is -2.34. The molecule has 0 aliphatic rings. The SMILES string of the molecule is CCOC(=O)C(C#N)=CNNC(=O)c1ccc(Cl)cc1. The van der Waals surface area contributed by atoms with Crippen LogP contribution < -0.4 is 10.9 Å². The summed E-state index contributed by atoms with van der Waals surface area (Å²) in [5.41, 5.74) is 4.82. The smallest absolute Gasteiger partial charge is 0.350 e. The van der Waals surface area contributed by atoms with Crippen LogP contribution in [0.5, 0.6) is 0 Å². The first-order valence-electron chi connectivity index (χ1n) is 5.67. The third-order valence-electron chi connectivity index (χ3n) is 2.12. The van der Waals surface area contributed by atoms with Gasteiger partial charge in [0.1, 0.15) is 6.07 Å². The molecule has 6 nitrogen and oxygen atoms in total. The van der Waals surface area contributed by atoms with E-state index in [2.05, 4.69) is 15.6 Å². The van der Waals surface area contributed by atoms with Gasteiger partial charge in [0.15, 0.2) is 5.57 Å². The summed E-state index contributed by atoms with van der Waals surface area (Å²) in [7, 11) is 0. The number of halogens is 1. The molecule has 0 unspecified atom stereocenters. The maximum absolute atomic E-state index is 11.7. The number of nitrogens with one attached hydrogen (secondary N) is 2. The van der Waals surface area contributed by atoms with Crippen LogP contribution >= 0.6 is 11.6 Å². The van der Waals surface area contributed by atoms with Crippen molar-refractivity contribution in [3.63, 3.8) is 0 Å². The number of nitriles is 1. The summed E-state index contributed by atoms with van der Waals surface area (Å²) in [6.07, 6.45) is 1.06. The Balaban J connectivity index is 2.58. The summed E-state index contributed by atoms with van der Waals surface area (Å²) in [5.74, 6) is -1.19. The molecule has 7 heteroatoms. The second-order valence-corrected chi connectivity index (χ2v) is 3.93. The quantitative estimate of drug-likeness (QED) is 0.372. The monoisotopic (exact) mass is 293 g/mol. The molecule has 1 amide bonds. The van der Waals surface area contributed by atoms with Crippen molar-refractivity contribution in [2.24, 2.45) is 0 Å². The molecule has 0 aromatic heterocycles. The van der Waals surface area contributed by atoms with Gasteiger partial charge in [-0.3, -0.25) is 10.2 Å². The van der Waals surface area contributed by atoms with Crippen LogP contribution in [-0.4, -0.2) is 18.5 Å². The second-order valence-electron chi connectivity index (χ2n) is 3.50. The van der Waals surface area contributed by atoms with Gasteiger partial charge >= 0.3 is 5.97 Å². The average Bonchev–Trinajstić information content (AvgIpc) is 2.44. The molecule has 0 heterocycles. The molecule has 0 spiro atoms. The van der Waals surface area contributed by atoms with Gasteiger partial charge in [-0.25, -0.2) is 4.79 Å². The molecule has 0 radical (unpaired) electrons. The highest BCUT2D eigenvalue weighted by Gasteiger charge is 2.09. The van der Waals surface area contributed by atoms with Crippen molar-refractivity contribution in [2.75, 3.05) is 6.61 Å². The minimum Gasteiger partial charge on any atom is -0.462 e. The highest BCUT2D eigenvalue weighted by atomic mass is 35.5. The van der Waals surface area contributed by atoms with Gasteiger partial charge in [0.25, 0.3) is 5.91 Å². The van der Waals surface area contributed by atoms with Crippen LogP contribution in [-0.2, 0) is 9.53 Å². The zero-order valence-electron chi connectivity index (χ0n) is 10.6. The molecule has 0 fully saturated rings. The van der Waals surface area contributed by atoms with Crippen molar-refractivity contribution in [1.82, 2.24) is 10.9 Å². The van der Waals surface area contributed by atoms with Crippen LogP contribution in [0.25, 0.3) is 0 Å². The Bertz CT molecular complexity index is 561. The molecular formula is C13H12ClN3O3. The first-order valence-corrected chi connectivity index (χ1v) is 6.05. The minimum atomic E-state index is -0.761. The Morgan fingerprint density at radius 2 is 2.05 bits per heavy atom. The number of hydrogen-bond donors (Lipinski definition) is 2. The Hall–Kier alpha value is -2.52. The Labute approximate surface area is 120 Å². The summed E-state index contributed by atoms with van der Waals surface area (Å²) in [6, 6.07) is 7.90. The summed E-state index contributed by atoms with van der Waals surface area (Å²) < 4.78 is 4.65. The standard InChI is InChI=1S/C13H12ClN3O3/c1-2-20-13(19)10(7-15)8-16-17-12(18)9-3-5-11(14)6-4-9/h3-6,8,16H,2H2,1H3,(H,17,18). The molecule has 2 N–H and O–H groups in total. The molecule has 0 bridgehead atoms. The van der Waals surface area contributed by atoms with Crippen molar-refractivity contribution >= 4 is 23.5 Å². The zero-order valence-corrected chi connectivity index (χ0v) is 11.4. The topological polar surface area (TPSA) is 91.2 Å². The van der Waals surface area contributed by atoms with E-state index in [-0.39, 0.29) is 12.2 Å². The van der Waals surface area contributed by atoms with Gasteiger partial charge in [0, 0.05) is 16.8 Å². The van der Waals surface area contributed by atoms with Crippen LogP contribution in [0.3, 0.4) is 0 Å². The largest absolute Gasteiger partial charge is 0.462 e. The number of hydrogen-bond acceptors (Lipinski definition) is 5. The second kappa shape index (κ2) is 7.81. The van der Waals surface area contributed by atoms with Crippen molar-refractivity contribution in [3.8, 4) is 6.07 Å². The van der Waals surface area contributed by atoms with E-state index >= 15 is 0 Å². The fourth-order valence-electron chi connectivity index (χ4n) is 1.19. The molecule has 1 aromatic rings. The van der Waals surface area contributed by atoms with Gasteiger partial charge in [-0.05, 0) is 31.2 Å². The van der Waals surface area contributed by atoms with E-state index < -0.39 is 11.9 Å². The molecule has 0 atom stereocenters. The Morgan fingerprint density at radius 3 is 2.60 bits per heavy atom. The molecule has 0 saturated heterocycles. The molecule has 0 saturated carbocycles. The molecule has 104 valence electrons. The van der Waals surface area contributed by atoms with Gasteiger partial charge in [-0.15, -0.1) is 0 Å². The highest BCUT2D eigenvalue weighted by Crippen LogP contribution is 2.08. The number of hydrazine groups is 1. The van der Waals surface area contributed by atoms with Crippen molar-refractivity contribution in [2.45, 2.75) is 6.92 Å². The zero-order chi connectivity index (χ0) is 15.0. The van der Waals surface area contributed by atoms with E-state index in [0.717, 1.165) is 6.20 Å². The Kier molecular flexibility index (Phi) is 6.07. The molecule has 0 aliphatic carbocycles. The van der Waals surface area contributed by atoms with Crippen LogP contribution in [0.4, 0.5) is 0 Å². The lowest BCUT2D eigenvalue weighted by atomic mass is 10.2. The van der Waals surface area contributed by atoms with E-state index in [4.69, 9.17) is 16.9 Å². The van der Waals surface area contributed by atoms with Gasteiger partial charge < -0.3 is 10.2 Å². The molecule has 0 aliphatic heterocycles. The summed E-state index contributed by atoms with van der Waals surface area (Å²) >= 11 is 5.70. The van der Waals surface area contributed by atoms with E-state index in [9.17, 15) is 9.59 Å². The van der Waals surface area contributed by atoms with Gasteiger partial charge in [0.05, 0.1) is 6.61 Å². The number of carbonyl (C=O) groups is 2. The maximum Gasteiger partial charge on any atom is 0.350 e. The fourth-order valence-corrected chi connectivity index (χ4v) is 1.32. The molecular weight excluding hydrogens is 282 g/mol. The van der Waals surface area contributed by atoms with E-state index in [1.54, 1.807) is 37.3 Å². The average molecular weight is 294 g/mol. The van der Waals surface area contributed by atoms with E-state index in [1.807, 2.05) is 0 Å². The lowest BCUT2D eigenvalue weighted by molar-refractivity contribution is -0.138. The molecule has 20 heavy (non-hydrogen) atoms. The van der Waals surface area contributed by atoms with Crippen LogP contribution in [0, 0.1) is 11.3 Å². The number of rotatable bonds is 5. The van der Waals surface area contributed by atoms with Crippen LogP contribution in [0.2, 0.25) is 5.02 Å². The van der Waals surface area contributed by atoms with Crippen molar-refractivity contribution in [1.29, 1.82) is 5.26 Å². The first-order chi connectivity index (χ1) is 9.58. The number of benzene rings is 1. The van der Waals surface area contributed by atoms with Crippen LogP contribution in [0.1, 0.15) is 17.3 Å². The molecule has 1 rings (SSSR count). The number of nitrogens with zero attached hydrogens (tertiary/aromatic N) is 1. The molecule has 1 aromatic carbocycles. The van der Waals surface area contributed by atoms with Crippen molar-refractivity contribution < 1.29 is 14.3 Å². The number of carbonyl (C=O) groups excluding carboxylic acids is 2.